The summed E-state index contributed by atoms with van der Waals surface area (Å²) < 4.78 is 6.21. The van der Waals surface area contributed by atoms with Gasteiger partial charge < -0.3 is 4.74 Å². The van der Waals surface area contributed by atoms with E-state index >= 15 is 0 Å². The molecule has 0 saturated heterocycles. The quantitative estimate of drug-likeness (QED) is 0.561. The Labute approximate surface area is 186 Å². The zero-order valence-electron chi connectivity index (χ0n) is 17.6. The van der Waals surface area contributed by atoms with Crippen LogP contribution in [-0.2, 0) is 28.9 Å². The Bertz CT molecular complexity index is 1210. The van der Waals surface area contributed by atoms with Crippen LogP contribution < -0.4 is 10.9 Å². The Morgan fingerprint density at radius 3 is 2.68 bits per heavy atom. The zero-order chi connectivity index (χ0) is 22.1. The number of anilines is 1. The van der Waals surface area contributed by atoms with Gasteiger partial charge in [0.1, 0.15) is 16.4 Å². The van der Waals surface area contributed by atoms with Crippen molar-refractivity contribution in [2.24, 2.45) is 0 Å². The van der Waals surface area contributed by atoms with Gasteiger partial charge in [-0.25, -0.2) is 9.78 Å². The molecule has 9 nitrogen and oxygen atoms in total. The first-order chi connectivity index (χ1) is 14.9. The molecule has 1 aliphatic rings. The summed E-state index contributed by atoms with van der Waals surface area (Å²) in [6.07, 6.45) is 3.79. The van der Waals surface area contributed by atoms with Gasteiger partial charge in [0.05, 0.1) is 12.0 Å². The highest BCUT2D eigenvalue weighted by molar-refractivity contribution is 7.18. The maximum Gasteiger partial charge on any atom is 0.374 e. The molecule has 3 aromatic rings. The smallest absolute Gasteiger partial charge is 0.374 e. The highest BCUT2D eigenvalue weighted by Gasteiger charge is 2.26. The SMILES string of the molecule is CCOC(=O)c1nc2sc3c(c2c(=O)n1CC(=O)Nc1nnc(C(C)C)s1)CCCC3. The number of thiophene rings is 1. The van der Waals surface area contributed by atoms with Gasteiger partial charge in [-0.1, -0.05) is 25.2 Å². The van der Waals surface area contributed by atoms with Crippen LogP contribution >= 0.6 is 22.7 Å². The lowest BCUT2D eigenvalue weighted by molar-refractivity contribution is -0.116. The summed E-state index contributed by atoms with van der Waals surface area (Å²) in [6.45, 7) is 5.43. The van der Waals surface area contributed by atoms with E-state index in [1.54, 1.807) is 6.92 Å². The van der Waals surface area contributed by atoms with E-state index in [-0.39, 0.29) is 30.5 Å². The fourth-order valence-corrected chi connectivity index (χ4v) is 5.57. The van der Waals surface area contributed by atoms with E-state index in [1.165, 1.54) is 22.7 Å². The number of ether oxygens (including phenoxy) is 1. The molecule has 164 valence electrons. The Balaban J connectivity index is 1.72. The minimum absolute atomic E-state index is 0.142. The van der Waals surface area contributed by atoms with E-state index < -0.39 is 11.9 Å². The van der Waals surface area contributed by atoms with Crippen LogP contribution in [0, 0.1) is 0 Å². The van der Waals surface area contributed by atoms with Crippen LogP contribution in [-0.4, -0.2) is 38.2 Å². The van der Waals surface area contributed by atoms with E-state index in [4.69, 9.17) is 4.74 Å². The fraction of sp³-hybridized carbons (Fsp3) is 0.500. The van der Waals surface area contributed by atoms with Crippen molar-refractivity contribution in [3.63, 3.8) is 0 Å². The van der Waals surface area contributed by atoms with Gasteiger partial charge in [-0.05, 0) is 38.2 Å². The standard InChI is InChI=1S/C20H23N5O4S2/c1-4-29-19(28)15-22-17-14(11-7-5-6-8-12(11)30-17)18(27)25(15)9-13(26)21-20-24-23-16(31-20)10(2)3/h10H,4-9H2,1-3H3,(H,21,24,26). The lowest BCUT2D eigenvalue weighted by Gasteiger charge is -2.12. The number of carbonyl (C=O) groups is 2. The summed E-state index contributed by atoms with van der Waals surface area (Å²) in [5, 5.41) is 12.3. The van der Waals surface area contributed by atoms with Crippen molar-refractivity contribution in [3.05, 3.63) is 31.6 Å². The third kappa shape index (κ3) is 4.24. The Kier molecular flexibility index (Phi) is 6.15. The lowest BCUT2D eigenvalue weighted by Crippen LogP contribution is -2.33. The number of hydrogen-bond acceptors (Lipinski definition) is 9. The van der Waals surface area contributed by atoms with Crippen molar-refractivity contribution in [2.75, 3.05) is 11.9 Å². The third-order valence-corrected chi connectivity index (χ3v) is 7.34. The molecule has 0 unspecified atom stereocenters. The number of rotatable bonds is 6. The van der Waals surface area contributed by atoms with Gasteiger partial charge in [-0.2, -0.15) is 0 Å². The molecule has 31 heavy (non-hydrogen) atoms. The highest BCUT2D eigenvalue weighted by atomic mass is 32.1. The normalized spacial score (nSPS) is 13.4. The van der Waals surface area contributed by atoms with Gasteiger partial charge in [0.15, 0.2) is 0 Å². The first kappa shape index (κ1) is 21.6. The number of fused-ring (bicyclic) bond motifs is 3. The highest BCUT2D eigenvalue weighted by Crippen LogP contribution is 2.33. The second-order valence-corrected chi connectivity index (χ2v) is 9.68. The van der Waals surface area contributed by atoms with E-state index in [0.29, 0.717) is 15.3 Å². The molecule has 1 aliphatic carbocycles. The van der Waals surface area contributed by atoms with E-state index in [9.17, 15) is 14.4 Å². The van der Waals surface area contributed by atoms with Crippen LogP contribution in [0.15, 0.2) is 4.79 Å². The monoisotopic (exact) mass is 461 g/mol. The number of esters is 1. The number of hydrogen-bond donors (Lipinski definition) is 1. The van der Waals surface area contributed by atoms with Crippen LogP contribution in [0.3, 0.4) is 0 Å². The van der Waals surface area contributed by atoms with Crippen LogP contribution in [0.2, 0.25) is 0 Å². The second kappa shape index (κ2) is 8.83. The van der Waals surface area contributed by atoms with Crippen molar-refractivity contribution in [2.45, 2.75) is 58.9 Å². The Morgan fingerprint density at radius 1 is 1.19 bits per heavy atom. The summed E-state index contributed by atoms with van der Waals surface area (Å²) >= 11 is 2.73. The summed E-state index contributed by atoms with van der Waals surface area (Å²) in [5.41, 5.74) is 0.613. The van der Waals surface area contributed by atoms with Gasteiger partial charge in [-0.15, -0.1) is 21.5 Å². The minimum Gasteiger partial charge on any atom is -0.460 e. The van der Waals surface area contributed by atoms with Gasteiger partial charge in [0.25, 0.3) is 5.56 Å². The molecule has 1 N–H and O–H groups in total. The first-order valence-corrected chi connectivity index (χ1v) is 11.9. The topological polar surface area (TPSA) is 116 Å². The molecule has 4 rings (SSSR count). The van der Waals surface area contributed by atoms with Crippen molar-refractivity contribution >= 4 is 49.9 Å². The molecule has 3 aromatic heterocycles. The molecule has 1 amide bonds. The average Bonchev–Trinajstić information content (AvgIpc) is 3.34. The van der Waals surface area contributed by atoms with E-state index in [0.717, 1.165) is 45.7 Å². The summed E-state index contributed by atoms with van der Waals surface area (Å²) in [7, 11) is 0. The van der Waals surface area contributed by atoms with Gasteiger partial charge in [0, 0.05) is 10.8 Å². The summed E-state index contributed by atoms with van der Waals surface area (Å²) in [6, 6.07) is 0. The zero-order valence-corrected chi connectivity index (χ0v) is 19.2. The third-order valence-electron chi connectivity index (χ3n) is 5.02. The molecular weight excluding hydrogens is 438 g/mol. The number of nitrogens with one attached hydrogen (secondary N) is 1. The molecule has 0 aromatic carbocycles. The van der Waals surface area contributed by atoms with Crippen LogP contribution in [0.5, 0.6) is 0 Å². The molecule has 0 atom stereocenters. The average molecular weight is 462 g/mol. The maximum atomic E-state index is 13.4. The molecular formula is C20H23N5O4S2. The Morgan fingerprint density at radius 2 is 1.97 bits per heavy atom. The Hall–Kier alpha value is -2.66. The van der Waals surface area contributed by atoms with Gasteiger partial charge in [-0.3, -0.25) is 19.5 Å². The molecule has 0 fully saturated rings. The minimum atomic E-state index is -0.723. The maximum absolute atomic E-state index is 13.4. The van der Waals surface area contributed by atoms with E-state index in [1.807, 2.05) is 13.8 Å². The molecule has 11 heteroatoms. The molecule has 0 saturated carbocycles. The lowest BCUT2D eigenvalue weighted by atomic mass is 9.97. The van der Waals surface area contributed by atoms with Crippen LogP contribution in [0.1, 0.15) is 65.6 Å². The van der Waals surface area contributed by atoms with Crippen molar-refractivity contribution in [1.29, 1.82) is 0 Å². The number of nitrogens with zero attached hydrogens (tertiary/aromatic N) is 4. The molecule has 0 spiro atoms. The molecule has 0 bridgehead atoms. The molecule has 0 aliphatic heterocycles. The van der Waals surface area contributed by atoms with E-state index in [2.05, 4.69) is 20.5 Å². The summed E-state index contributed by atoms with van der Waals surface area (Å²) in [4.78, 5) is 44.7. The van der Waals surface area contributed by atoms with Crippen LogP contribution in [0.25, 0.3) is 10.2 Å². The van der Waals surface area contributed by atoms with Gasteiger partial charge in [0.2, 0.25) is 16.9 Å². The molecule has 3 heterocycles. The van der Waals surface area contributed by atoms with Crippen LogP contribution in [0.4, 0.5) is 5.13 Å². The second-order valence-electron chi connectivity index (χ2n) is 7.59. The fourth-order valence-electron chi connectivity index (χ4n) is 3.56. The molecule has 0 radical (unpaired) electrons. The number of aromatic nitrogens is 4. The number of carbonyl (C=O) groups excluding carboxylic acids is 2. The predicted molar refractivity (Wildman–Crippen MR) is 119 cm³/mol. The predicted octanol–water partition coefficient (Wildman–Crippen LogP) is 3.13. The number of aryl methyl sites for hydroxylation is 2. The first-order valence-electron chi connectivity index (χ1n) is 10.2. The largest absolute Gasteiger partial charge is 0.460 e. The van der Waals surface area contributed by atoms with Crippen molar-refractivity contribution in [3.8, 4) is 0 Å². The summed E-state index contributed by atoms with van der Waals surface area (Å²) in [5.74, 6) is -1.17. The van der Waals surface area contributed by atoms with Crippen molar-refractivity contribution < 1.29 is 14.3 Å². The van der Waals surface area contributed by atoms with Gasteiger partial charge >= 0.3 is 5.97 Å². The van der Waals surface area contributed by atoms with Crippen molar-refractivity contribution in [1.82, 2.24) is 19.7 Å². The number of amides is 1.